The predicted octanol–water partition coefficient (Wildman–Crippen LogP) is 2.53. The van der Waals surface area contributed by atoms with E-state index in [-0.39, 0.29) is 41.8 Å². The highest BCUT2D eigenvalue weighted by atomic mass is 16.6. The van der Waals surface area contributed by atoms with Gasteiger partial charge in [0.15, 0.2) is 0 Å². The summed E-state index contributed by atoms with van der Waals surface area (Å²) < 4.78 is 17.3. The van der Waals surface area contributed by atoms with E-state index in [1.807, 2.05) is 6.08 Å². The van der Waals surface area contributed by atoms with Crippen LogP contribution in [0.5, 0.6) is 0 Å². The van der Waals surface area contributed by atoms with Crippen molar-refractivity contribution in [3.05, 3.63) is 11.6 Å². The third kappa shape index (κ3) is 2.40. The second kappa shape index (κ2) is 4.82. The number of hydrogen-bond acceptors (Lipinski definition) is 5. The fraction of sp³-hybridized carbons (Fsp3) is 0.778. The Bertz CT molecular complexity index is 590. The molecule has 0 bridgehead atoms. The Kier molecular flexibility index (Phi) is 3.18. The number of fused-ring (bicyclic) bond motifs is 3. The molecule has 0 aromatic rings. The zero-order valence-corrected chi connectivity index (χ0v) is 14.0. The lowest BCUT2D eigenvalue weighted by atomic mass is 9.78. The molecule has 0 N–H and O–H groups in total. The van der Waals surface area contributed by atoms with Crippen molar-refractivity contribution in [2.75, 3.05) is 0 Å². The van der Waals surface area contributed by atoms with Gasteiger partial charge in [-0.05, 0) is 45.6 Å². The second-order valence-corrected chi connectivity index (χ2v) is 7.87. The number of hydrogen-bond donors (Lipinski definition) is 0. The van der Waals surface area contributed by atoms with Gasteiger partial charge in [-0.25, -0.2) is 0 Å². The lowest BCUT2D eigenvalue weighted by molar-refractivity contribution is -0.148. The molecule has 5 atom stereocenters. The van der Waals surface area contributed by atoms with E-state index in [1.165, 1.54) is 12.5 Å². The van der Waals surface area contributed by atoms with E-state index in [2.05, 4.69) is 13.8 Å². The number of carbonyl (C=O) groups is 2. The quantitative estimate of drug-likeness (QED) is 0.422. The van der Waals surface area contributed by atoms with Gasteiger partial charge in [0.1, 0.15) is 12.2 Å². The molecule has 3 fully saturated rings. The first-order chi connectivity index (χ1) is 10.8. The van der Waals surface area contributed by atoms with E-state index in [1.54, 1.807) is 0 Å². The van der Waals surface area contributed by atoms with E-state index in [0.717, 1.165) is 25.7 Å². The Labute approximate surface area is 136 Å². The van der Waals surface area contributed by atoms with Crippen LogP contribution in [0.4, 0.5) is 0 Å². The van der Waals surface area contributed by atoms with Crippen molar-refractivity contribution in [2.45, 2.75) is 76.8 Å². The van der Waals surface area contributed by atoms with Crippen LogP contribution in [0.1, 0.15) is 52.9 Å². The number of allylic oxidation sites excluding steroid dienone is 1. The van der Waals surface area contributed by atoms with Crippen molar-refractivity contribution >= 4 is 11.9 Å². The molecule has 4 rings (SSSR count). The van der Waals surface area contributed by atoms with Crippen molar-refractivity contribution in [3.63, 3.8) is 0 Å². The summed E-state index contributed by atoms with van der Waals surface area (Å²) in [5.41, 5.74) is 0.536. The van der Waals surface area contributed by atoms with Crippen LogP contribution in [-0.4, -0.2) is 35.9 Å². The minimum atomic E-state index is -0.443. The highest BCUT2D eigenvalue weighted by molar-refractivity contribution is 5.83. The minimum absolute atomic E-state index is 0.0892. The lowest BCUT2D eigenvalue weighted by Crippen LogP contribution is -2.38. The molecule has 5 heteroatoms. The highest BCUT2D eigenvalue weighted by Gasteiger charge is 2.69. The van der Waals surface area contributed by atoms with E-state index >= 15 is 0 Å². The summed E-state index contributed by atoms with van der Waals surface area (Å²) >= 11 is 0. The van der Waals surface area contributed by atoms with Gasteiger partial charge < -0.3 is 14.2 Å². The minimum Gasteiger partial charge on any atom is -0.461 e. The highest BCUT2D eigenvalue weighted by Crippen LogP contribution is 2.62. The van der Waals surface area contributed by atoms with Gasteiger partial charge in [-0.15, -0.1) is 0 Å². The maximum Gasteiger partial charge on any atom is 0.312 e. The molecule has 2 saturated heterocycles. The van der Waals surface area contributed by atoms with Crippen LogP contribution in [0.25, 0.3) is 0 Å². The molecule has 1 spiro atoms. The summed E-state index contributed by atoms with van der Waals surface area (Å²) in [5.74, 6) is -0.513. The maximum absolute atomic E-state index is 12.4. The molecule has 1 saturated carbocycles. The number of ether oxygens (including phenoxy) is 3. The lowest BCUT2D eigenvalue weighted by Gasteiger charge is -2.29. The summed E-state index contributed by atoms with van der Waals surface area (Å²) in [5, 5.41) is 0. The zero-order chi connectivity index (χ0) is 16.4. The van der Waals surface area contributed by atoms with Crippen LogP contribution in [0.15, 0.2) is 11.6 Å². The topological polar surface area (TPSA) is 65.1 Å². The van der Waals surface area contributed by atoms with Crippen molar-refractivity contribution in [1.29, 1.82) is 0 Å². The number of esters is 2. The maximum atomic E-state index is 12.4. The SMILES string of the molecule is CC(=O)OC1/C=C(/C)CCC2OC2(C)CC2OC(=O)C3(CC3)C12. The fourth-order valence-electron chi connectivity index (χ4n) is 4.55. The van der Waals surface area contributed by atoms with Gasteiger partial charge >= 0.3 is 11.9 Å². The van der Waals surface area contributed by atoms with Gasteiger partial charge in [-0.3, -0.25) is 9.59 Å². The van der Waals surface area contributed by atoms with E-state index in [0.29, 0.717) is 6.42 Å². The molecular weight excluding hydrogens is 296 g/mol. The molecular formula is C18H24O5. The number of carbonyl (C=O) groups excluding carboxylic acids is 2. The molecule has 0 radical (unpaired) electrons. The molecule has 126 valence electrons. The Morgan fingerprint density at radius 2 is 2.13 bits per heavy atom. The van der Waals surface area contributed by atoms with Crippen molar-refractivity contribution in [2.24, 2.45) is 11.3 Å². The van der Waals surface area contributed by atoms with Gasteiger partial charge in [0.25, 0.3) is 0 Å². The summed E-state index contributed by atoms with van der Waals surface area (Å²) in [4.78, 5) is 24.0. The first-order valence-electron chi connectivity index (χ1n) is 8.57. The standard InChI is InChI=1S/C18H24O5/c1-10-4-5-14-17(3,23-14)9-13-15(12(8-10)21-11(2)19)18(6-7-18)16(20)22-13/h8,12-15H,4-7,9H2,1-3H3/b10-8-. The molecule has 23 heavy (non-hydrogen) atoms. The van der Waals surface area contributed by atoms with Crippen LogP contribution in [0.2, 0.25) is 0 Å². The summed E-state index contributed by atoms with van der Waals surface area (Å²) in [6.07, 6.45) is 5.91. The molecule has 0 aromatic carbocycles. The molecule has 5 unspecified atom stereocenters. The average Bonchev–Trinajstić information content (AvgIpc) is 3.31. The van der Waals surface area contributed by atoms with E-state index < -0.39 is 5.41 Å². The summed E-state index contributed by atoms with van der Waals surface area (Å²) in [6, 6.07) is 0. The van der Waals surface area contributed by atoms with Gasteiger partial charge in [-0.2, -0.15) is 0 Å². The molecule has 4 aliphatic rings. The molecule has 5 nitrogen and oxygen atoms in total. The second-order valence-electron chi connectivity index (χ2n) is 7.87. The monoisotopic (exact) mass is 320 g/mol. The number of epoxide rings is 1. The Balaban J connectivity index is 1.72. The van der Waals surface area contributed by atoms with Crippen LogP contribution >= 0.6 is 0 Å². The first kappa shape index (κ1) is 15.2. The normalized spacial score (nSPS) is 46.0. The molecule has 0 amide bonds. The molecule has 2 heterocycles. The summed E-state index contributed by atoms with van der Waals surface area (Å²) in [6.45, 7) is 5.58. The molecule has 0 aromatic heterocycles. The Morgan fingerprint density at radius 3 is 2.78 bits per heavy atom. The smallest absolute Gasteiger partial charge is 0.312 e. The fourth-order valence-corrected chi connectivity index (χ4v) is 4.55. The Hall–Kier alpha value is -1.36. The van der Waals surface area contributed by atoms with Crippen LogP contribution in [0, 0.1) is 11.3 Å². The number of rotatable bonds is 1. The van der Waals surface area contributed by atoms with Crippen LogP contribution in [0.3, 0.4) is 0 Å². The van der Waals surface area contributed by atoms with E-state index in [9.17, 15) is 9.59 Å². The van der Waals surface area contributed by atoms with Gasteiger partial charge in [0, 0.05) is 13.3 Å². The third-order valence-corrected chi connectivity index (χ3v) is 6.04. The van der Waals surface area contributed by atoms with Crippen LogP contribution in [-0.2, 0) is 23.8 Å². The van der Waals surface area contributed by atoms with Crippen molar-refractivity contribution in [3.8, 4) is 0 Å². The zero-order valence-electron chi connectivity index (χ0n) is 14.0. The van der Waals surface area contributed by atoms with Crippen molar-refractivity contribution < 1.29 is 23.8 Å². The van der Waals surface area contributed by atoms with Gasteiger partial charge in [0.2, 0.25) is 0 Å². The average molecular weight is 320 g/mol. The third-order valence-electron chi connectivity index (χ3n) is 6.04. The predicted molar refractivity (Wildman–Crippen MR) is 81.5 cm³/mol. The van der Waals surface area contributed by atoms with Gasteiger partial charge in [0.05, 0.1) is 23.0 Å². The Morgan fingerprint density at radius 1 is 1.39 bits per heavy atom. The molecule has 2 aliphatic heterocycles. The largest absolute Gasteiger partial charge is 0.461 e. The van der Waals surface area contributed by atoms with Crippen molar-refractivity contribution in [1.82, 2.24) is 0 Å². The van der Waals surface area contributed by atoms with Crippen LogP contribution < -0.4 is 0 Å². The summed E-state index contributed by atoms with van der Waals surface area (Å²) in [7, 11) is 0. The first-order valence-corrected chi connectivity index (χ1v) is 8.57. The molecule has 2 aliphatic carbocycles. The van der Waals surface area contributed by atoms with Gasteiger partial charge in [-0.1, -0.05) is 5.57 Å². The van der Waals surface area contributed by atoms with E-state index in [4.69, 9.17) is 14.2 Å².